The number of pyridine rings is 1. The molecule has 0 fully saturated rings. The molecule has 1 amide bonds. The topological polar surface area (TPSA) is 106 Å². The van der Waals surface area contributed by atoms with Gasteiger partial charge in [-0.1, -0.05) is 6.07 Å². The Morgan fingerprint density at radius 2 is 1.81 bits per heavy atom. The molecule has 2 aromatic heterocycles. The largest absolute Gasteiger partial charge is 0.465 e. The molecule has 0 bridgehead atoms. The van der Waals surface area contributed by atoms with Crippen LogP contribution in [0.3, 0.4) is 0 Å². The molecule has 0 spiro atoms. The van der Waals surface area contributed by atoms with Crippen molar-refractivity contribution in [1.82, 2.24) is 20.5 Å². The molecule has 0 radical (unpaired) electrons. The van der Waals surface area contributed by atoms with Crippen LogP contribution in [0.5, 0.6) is 0 Å². The first-order valence-electron chi connectivity index (χ1n) is 8.13. The fourth-order valence-corrected chi connectivity index (χ4v) is 2.24. The fourth-order valence-electron chi connectivity index (χ4n) is 2.24. The summed E-state index contributed by atoms with van der Waals surface area (Å²) in [6, 6.07) is 15.4. The van der Waals surface area contributed by atoms with Crippen LogP contribution in [-0.2, 0) is 11.3 Å². The van der Waals surface area contributed by atoms with Crippen LogP contribution in [0.15, 0.2) is 60.8 Å². The third-order valence-electron chi connectivity index (χ3n) is 3.63. The zero-order valence-electron chi connectivity index (χ0n) is 14.5. The Morgan fingerprint density at radius 3 is 2.44 bits per heavy atom. The number of nitrogens with zero attached hydrogens (tertiary/aromatic N) is 3. The number of rotatable bonds is 6. The molecule has 3 aromatic rings. The lowest BCUT2D eigenvalue weighted by Gasteiger charge is -2.07. The molecule has 1 aromatic carbocycles. The number of carbonyl (C=O) groups excluding carboxylic acids is 2. The number of esters is 1. The Morgan fingerprint density at radius 1 is 1.00 bits per heavy atom. The quantitative estimate of drug-likeness (QED) is 0.647. The number of benzene rings is 1. The van der Waals surface area contributed by atoms with Gasteiger partial charge in [-0.25, -0.2) is 4.79 Å². The van der Waals surface area contributed by atoms with Crippen molar-refractivity contribution in [1.29, 1.82) is 0 Å². The lowest BCUT2D eigenvalue weighted by Crippen LogP contribution is -2.24. The Kier molecular flexibility index (Phi) is 5.68. The number of hydrogen-bond donors (Lipinski definition) is 2. The maximum absolute atomic E-state index is 12.1. The van der Waals surface area contributed by atoms with Crippen molar-refractivity contribution in [3.63, 3.8) is 0 Å². The van der Waals surface area contributed by atoms with Gasteiger partial charge in [-0.05, 0) is 48.5 Å². The number of methoxy groups -OCH3 is 1. The first kappa shape index (κ1) is 18.0. The van der Waals surface area contributed by atoms with Gasteiger partial charge in [0, 0.05) is 11.9 Å². The smallest absolute Gasteiger partial charge is 0.337 e. The van der Waals surface area contributed by atoms with Gasteiger partial charge in [-0.2, -0.15) is 0 Å². The molecule has 2 heterocycles. The van der Waals surface area contributed by atoms with E-state index in [0.717, 1.165) is 11.4 Å². The van der Waals surface area contributed by atoms with Crippen molar-refractivity contribution in [3.05, 3.63) is 77.7 Å². The third-order valence-corrected chi connectivity index (χ3v) is 3.63. The minimum absolute atomic E-state index is 0.206. The van der Waals surface area contributed by atoms with Crippen molar-refractivity contribution < 1.29 is 14.3 Å². The summed E-state index contributed by atoms with van der Waals surface area (Å²) in [7, 11) is 1.33. The van der Waals surface area contributed by atoms with Crippen LogP contribution in [0.4, 0.5) is 11.5 Å². The normalized spacial score (nSPS) is 10.1. The van der Waals surface area contributed by atoms with Gasteiger partial charge < -0.3 is 15.4 Å². The van der Waals surface area contributed by atoms with Crippen LogP contribution in [0.2, 0.25) is 0 Å². The highest BCUT2D eigenvalue weighted by Crippen LogP contribution is 2.15. The molecule has 3 rings (SSSR count). The highest BCUT2D eigenvalue weighted by atomic mass is 16.5. The maximum Gasteiger partial charge on any atom is 0.337 e. The van der Waals surface area contributed by atoms with E-state index in [1.807, 2.05) is 18.2 Å². The predicted octanol–water partition coefficient (Wildman–Crippen LogP) is 2.33. The minimum Gasteiger partial charge on any atom is -0.465 e. The summed E-state index contributed by atoms with van der Waals surface area (Å²) in [5, 5.41) is 13.7. The fraction of sp³-hybridized carbons (Fsp3) is 0.105. The minimum atomic E-state index is -0.401. The van der Waals surface area contributed by atoms with Gasteiger partial charge in [-0.3, -0.25) is 9.78 Å². The summed E-state index contributed by atoms with van der Waals surface area (Å²) in [4.78, 5) is 27.7. The number of aromatic nitrogens is 3. The average Bonchev–Trinajstić information content (AvgIpc) is 2.73. The lowest BCUT2D eigenvalue weighted by atomic mass is 10.2. The molecule has 27 heavy (non-hydrogen) atoms. The first-order valence-corrected chi connectivity index (χ1v) is 8.13. The van der Waals surface area contributed by atoms with Crippen molar-refractivity contribution in [2.45, 2.75) is 6.54 Å². The van der Waals surface area contributed by atoms with E-state index in [0.29, 0.717) is 17.9 Å². The standard InChI is InChI=1S/C19H17N5O3/c1-27-19(26)13-5-7-14(8-6-13)22-17-10-9-16(23-24-17)18(25)21-12-15-4-2-3-11-20-15/h2-11H,12H2,1H3,(H,21,25)(H,22,24). The van der Waals surface area contributed by atoms with Crippen molar-refractivity contribution >= 4 is 23.4 Å². The molecule has 0 aliphatic carbocycles. The first-order chi connectivity index (χ1) is 13.2. The van der Waals surface area contributed by atoms with Gasteiger partial charge in [0.15, 0.2) is 11.5 Å². The van der Waals surface area contributed by atoms with E-state index in [1.165, 1.54) is 7.11 Å². The summed E-state index contributed by atoms with van der Waals surface area (Å²) in [5.74, 6) is -0.258. The van der Waals surface area contributed by atoms with E-state index in [2.05, 4.69) is 30.6 Å². The molecular weight excluding hydrogens is 346 g/mol. The Balaban J connectivity index is 1.58. The summed E-state index contributed by atoms with van der Waals surface area (Å²) in [6.07, 6.45) is 1.67. The molecule has 0 unspecified atom stereocenters. The molecule has 136 valence electrons. The van der Waals surface area contributed by atoms with Gasteiger partial charge in [-0.15, -0.1) is 10.2 Å². The van der Waals surface area contributed by atoms with Crippen molar-refractivity contribution in [3.8, 4) is 0 Å². The van der Waals surface area contributed by atoms with Gasteiger partial charge >= 0.3 is 5.97 Å². The van der Waals surface area contributed by atoms with E-state index < -0.39 is 5.97 Å². The van der Waals surface area contributed by atoms with E-state index in [9.17, 15) is 9.59 Å². The van der Waals surface area contributed by atoms with Crippen molar-refractivity contribution in [2.24, 2.45) is 0 Å². The molecular formula is C19H17N5O3. The summed E-state index contributed by atoms with van der Waals surface area (Å²) < 4.78 is 4.65. The van der Waals surface area contributed by atoms with Crippen molar-refractivity contribution in [2.75, 3.05) is 12.4 Å². The SMILES string of the molecule is COC(=O)c1ccc(Nc2ccc(C(=O)NCc3ccccn3)nn2)cc1. The highest BCUT2D eigenvalue weighted by molar-refractivity contribution is 5.92. The maximum atomic E-state index is 12.1. The van der Waals surface area contributed by atoms with Crippen LogP contribution in [0.1, 0.15) is 26.5 Å². The number of carbonyl (C=O) groups is 2. The molecule has 0 aliphatic heterocycles. The highest BCUT2D eigenvalue weighted by Gasteiger charge is 2.09. The van der Waals surface area contributed by atoms with Gasteiger partial charge in [0.25, 0.3) is 5.91 Å². The second kappa shape index (κ2) is 8.52. The van der Waals surface area contributed by atoms with E-state index in [1.54, 1.807) is 42.6 Å². The van der Waals surface area contributed by atoms with Gasteiger partial charge in [0.1, 0.15) is 0 Å². The van der Waals surface area contributed by atoms with Crippen LogP contribution in [-0.4, -0.2) is 34.2 Å². The summed E-state index contributed by atoms with van der Waals surface area (Å²) in [5.41, 5.74) is 2.14. The van der Waals surface area contributed by atoms with Crippen LogP contribution in [0.25, 0.3) is 0 Å². The third kappa shape index (κ3) is 4.85. The van der Waals surface area contributed by atoms with Gasteiger partial charge in [0.2, 0.25) is 0 Å². The Labute approximate surface area is 155 Å². The monoisotopic (exact) mass is 363 g/mol. The van der Waals surface area contributed by atoms with E-state index in [-0.39, 0.29) is 11.6 Å². The molecule has 8 heteroatoms. The zero-order chi connectivity index (χ0) is 19.1. The van der Waals surface area contributed by atoms with Crippen LogP contribution in [0, 0.1) is 0 Å². The molecule has 8 nitrogen and oxygen atoms in total. The number of nitrogens with one attached hydrogen (secondary N) is 2. The molecule has 0 saturated heterocycles. The average molecular weight is 363 g/mol. The molecule has 2 N–H and O–H groups in total. The van der Waals surface area contributed by atoms with E-state index >= 15 is 0 Å². The Bertz CT molecular complexity index is 912. The second-order valence-corrected chi connectivity index (χ2v) is 5.50. The molecule has 0 aliphatic rings. The molecule has 0 saturated carbocycles. The van der Waals surface area contributed by atoms with Crippen LogP contribution < -0.4 is 10.6 Å². The second-order valence-electron chi connectivity index (χ2n) is 5.50. The van der Waals surface area contributed by atoms with Gasteiger partial charge in [0.05, 0.1) is 24.9 Å². The zero-order valence-corrected chi connectivity index (χ0v) is 14.5. The summed E-state index contributed by atoms with van der Waals surface area (Å²) in [6.45, 7) is 0.313. The molecule has 0 atom stereocenters. The summed E-state index contributed by atoms with van der Waals surface area (Å²) >= 11 is 0. The number of hydrogen-bond acceptors (Lipinski definition) is 7. The number of anilines is 2. The predicted molar refractivity (Wildman–Crippen MR) is 98.5 cm³/mol. The van der Waals surface area contributed by atoms with Crippen LogP contribution >= 0.6 is 0 Å². The lowest BCUT2D eigenvalue weighted by molar-refractivity contribution is 0.0600. The van der Waals surface area contributed by atoms with E-state index in [4.69, 9.17) is 0 Å². The number of ether oxygens (including phenoxy) is 1. The number of amides is 1. The Hall–Kier alpha value is -3.81.